The Kier molecular flexibility index (Phi) is 5.41. The van der Waals surface area contributed by atoms with Crippen molar-refractivity contribution in [3.8, 4) is 67.8 Å². The van der Waals surface area contributed by atoms with Gasteiger partial charge in [-0.1, -0.05) is 200 Å². The van der Waals surface area contributed by atoms with Crippen LogP contribution >= 0.6 is 0 Å². The van der Waals surface area contributed by atoms with E-state index in [1.165, 1.54) is 0 Å². The third kappa shape index (κ3) is 6.06. The van der Waals surface area contributed by atoms with Gasteiger partial charge < -0.3 is 0 Å². The fraction of sp³-hybridized carbons (Fsp3) is 0. The quantitative estimate of drug-likeness (QED) is 0.161. The smallest absolute Gasteiger partial charge is 0.240 e. The Balaban J connectivity index is 1.02. The van der Waals surface area contributed by atoms with Crippen molar-refractivity contribution in [2.24, 2.45) is 0 Å². The van der Waals surface area contributed by atoms with Gasteiger partial charge >= 0.3 is 0 Å². The second kappa shape index (κ2) is 14.7. The van der Waals surface area contributed by atoms with Gasteiger partial charge in [0.25, 0.3) is 0 Å². The van der Waals surface area contributed by atoms with E-state index in [9.17, 15) is 5.48 Å². The summed E-state index contributed by atoms with van der Waals surface area (Å²) >= 11 is 0. The number of aromatic nitrogens is 5. The number of benzene rings is 9. The fourth-order valence-electron chi connectivity index (χ4n) is 7.93. The number of para-hydroxylation sites is 4. The van der Waals surface area contributed by atoms with E-state index in [-0.39, 0.29) is 49.4 Å². The van der Waals surface area contributed by atoms with Crippen molar-refractivity contribution in [2.45, 2.75) is 0 Å². The molecule has 0 unspecified atom stereocenters. The number of rotatable bonds is 7. The highest BCUT2D eigenvalue weighted by Crippen LogP contribution is 2.35. The van der Waals surface area contributed by atoms with Crippen molar-refractivity contribution in [1.82, 2.24) is 24.1 Å². The minimum Gasteiger partial charge on any atom is -0.278 e. The van der Waals surface area contributed by atoms with Gasteiger partial charge in [0.05, 0.1) is 44.0 Å². The first-order valence-electron chi connectivity index (χ1n) is 27.6. The first-order valence-corrected chi connectivity index (χ1v) is 19.6. The molecular formula is C57H37N5. The summed E-state index contributed by atoms with van der Waals surface area (Å²) in [7, 11) is 0. The van der Waals surface area contributed by atoms with Crippen molar-refractivity contribution in [2.75, 3.05) is 0 Å². The Morgan fingerprint density at radius 2 is 0.532 bits per heavy atom. The molecule has 12 rings (SSSR count). The van der Waals surface area contributed by atoms with Crippen LogP contribution in [-0.2, 0) is 0 Å². The summed E-state index contributed by atoms with van der Waals surface area (Å²) in [4.78, 5) is 14.4. The Morgan fingerprint density at radius 1 is 0.274 bits per heavy atom. The van der Waals surface area contributed by atoms with Crippen molar-refractivity contribution < 1.29 is 21.9 Å². The molecule has 0 saturated heterocycles. The molecule has 0 aliphatic heterocycles. The van der Waals surface area contributed by atoms with Gasteiger partial charge in [0.1, 0.15) is 0 Å². The maximum Gasteiger partial charge on any atom is 0.240 e. The van der Waals surface area contributed by atoms with Gasteiger partial charge in [-0.05, 0) is 68.7 Å². The zero-order valence-electron chi connectivity index (χ0n) is 48.4. The molecule has 0 aliphatic carbocycles. The average Bonchev–Trinajstić information content (AvgIpc) is 4.08. The molecule has 0 aliphatic rings. The van der Waals surface area contributed by atoms with Crippen LogP contribution in [0, 0.1) is 0 Å². The van der Waals surface area contributed by atoms with E-state index < -0.39 is 109 Å². The van der Waals surface area contributed by atoms with Gasteiger partial charge in [-0.25, -0.2) is 0 Å². The number of hydrogen-bond acceptors (Lipinski definition) is 3. The lowest BCUT2D eigenvalue weighted by molar-refractivity contribution is 0.893. The third-order valence-electron chi connectivity index (χ3n) is 11.0. The van der Waals surface area contributed by atoms with Crippen LogP contribution in [0.25, 0.3) is 111 Å². The van der Waals surface area contributed by atoms with Crippen molar-refractivity contribution in [3.05, 3.63) is 224 Å². The lowest BCUT2D eigenvalue weighted by Crippen LogP contribution is -2.10. The molecule has 0 bridgehead atoms. The molecule has 12 aromatic rings. The molecule has 62 heavy (non-hydrogen) atoms. The molecule has 3 aromatic heterocycles. The number of hydrogen-bond donors (Lipinski definition) is 0. The maximum absolute atomic E-state index is 9.18. The largest absolute Gasteiger partial charge is 0.278 e. The van der Waals surface area contributed by atoms with Crippen molar-refractivity contribution in [1.29, 1.82) is 0 Å². The molecule has 290 valence electrons. The number of fused-ring (bicyclic) bond motifs is 6. The molecule has 0 amide bonds. The van der Waals surface area contributed by atoms with E-state index in [1.807, 2.05) is 54.6 Å². The summed E-state index contributed by atoms with van der Waals surface area (Å²) in [5.41, 5.74) is 7.18. The summed E-state index contributed by atoms with van der Waals surface area (Å²) in [6.45, 7) is 0. The van der Waals surface area contributed by atoms with Crippen LogP contribution < -0.4 is 0 Å². The van der Waals surface area contributed by atoms with Crippen LogP contribution in [0.2, 0.25) is 0 Å². The SMILES string of the molecule is [2H]c1c([2H])c([2H])c2c(c1[2H])c1c([2H])c([2H])c([2H])c([2H])c1n2-c1nc(-c2ccc(-c3ccc(-c4ccc(-c5ccc(-c6ccccc6)cc5)cc4)cc3)cc2)nc(-n2c3c([2H])c([2H])c([2H])c([2H])c3c3c([2H])c([2H])c([2H])c([2H])c32)n1. The summed E-state index contributed by atoms with van der Waals surface area (Å²) < 4.78 is 144. The van der Waals surface area contributed by atoms with Crippen LogP contribution in [0.4, 0.5) is 0 Å². The molecule has 0 N–H and O–H groups in total. The zero-order chi connectivity index (χ0) is 54.9. The second-order valence-electron chi connectivity index (χ2n) is 14.5. The lowest BCUT2D eigenvalue weighted by Gasteiger charge is -2.13. The van der Waals surface area contributed by atoms with E-state index in [4.69, 9.17) is 31.4 Å². The molecule has 0 radical (unpaired) electrons. The Labute approximate surface area is 381 Å². The Morgan fingerprint density at radius 3 is 0.839 bits per heavy atom. The van der Waals surface area contributed by atoms with E-state index >= 15 is 0 Å². The first kappa shape index (κ1) is 22.8. The van der Waals surface area contributed by atoms with Crippen LogP contribution in [0.5, 0.6) is 0 Å². The molecule has 9 aromatic carbocycles. The van der Waals surface area contributed by atoms with Crippen LogP contribution in [0.3, 0.4) is 0 Å². The van der Waals surface area contributed by atoms with Gasteiger partial charge in [0, 0.05) is 27.1 Å². The second-order valence-corrected chi connectivity index (χ2v) is 14.5. The lowest BCUT2D eigenvalue weighted by atomic mass is 9.97. The molecule has 3 heterocycles. The molecule has 0 atom stereocenters. The first-order chi connectivity index (χ1) is 37.4. The zero-order valence-corrected chi connectivity index (χ0v) is 32.4. The highest BCUT2D eigenvalue weighted by Gasteiger charge is 2.20. The van der Waals surface area contributed by atoms with Gasteiger partial charge in [0.2, 0.25) is 11.9 Å². The van der Waals surface area contributed by atoms with Crippen molar-refractivity contribution >= 4 is 43.6 Å². The van der Waals surface area contributed by atoms with Crippen LogP contribution in [0.15, 0.2) is 224 Å². The summed E-state index contributed by atoms with van der Waals surface area (Å²) in [5, 5.41) is -1.04. The summed E-state index contributed by atoms with van der Waals surface area (Å²) in [5.74, 6) is -1.06. The maximum atomic E-state index is 9.18. The molecule has 5 heteroatoms. The fourth-order valence-corrected chi connectivity index (χ4v) is 7.93. The van der Waals surface area contributed by atoms with E-state index in [0.29, 0.717) is 5.56 Å². The summed E-state index contributed by atoms with van der Waals surface area (Å²) in [6, 6.07) is 31.6. The monoisotopic (exact) mass is 807 g/mol. The Bertz CT molecular complexity index is 4190. The molecule has 0 saturated carbocycles. The normalized spacial score (nSPS) is 15.2. The minimum atomic E-state index is -0.696. The van der Waals surface area contributed by atoms with Crippen LogP contribution in [-0.4, -0.2) is 24.1 Å². The Hall–Kier alpha value is -8.41. The molecular weight excluding hydrogens is 755 g/mol. The molecule has 5 nitrogen and oxygen atoms in total. The van der Waals surface area contributed by atoms with E-state index in [1.54, 1.807) is 12.1 Å². The predicted octanol–water partition coefficient (Wildman–Crippen LogP) is 14.4. The van der Waals surface area contributed by atoms with Crippen LogP contribution in [0.1, 0.15) is 21.9 Å². The van der Waals surface area contributed by atoms with Gasteiger partial charge in [-0.2, -0.15) is 15.0 Å². The van der Waals surface area contributed by atoms with E-state index in [0.717, 1.165) is 53.6 Å². The molecule has 0 fully saturated rings. The standard InChI is InChI=1S/C57H37N5/c1-2-12-38(13-3-1)39-22-24-40(25-23-39)41-26-28-42(29-27-41)43-30-32-44(33-31-43)45-34-36-46(37-35-45)55-58-56(61-51-18-8-4-14-47(51)48-15-5-9-19-52(48)61)60-57(59-55)62-53-20-10-6-16-49(53)50-17-7-11-21-54(50)62/h1-37H/i4D,5D,6D,7D,8D,9D,10D,11D,14D,15D,16D,17D,18D,19D,20D,21D. The van der Waals surface area contributed by atoms with Gasteiger partial charge in [-0.3, -0.25) is 9.13 Å². The summed E-state index contributed by atoms with van der Waals surface area (Å²) in [6.07, 6.45) is 0. The van der Waals surface area contributed by atoms with Crippen molar-refractivity contribution in [3.63, 3.8) is 0 Å². The molecule has 0 spiro atoms. The van der Waals surface area contributed by atoms with Gasteiger partial charge in [0.15, 0.2) is 5.82 Å². The highest BCUT2D eigenvalue weighted by molar-refractivity contribution is 6.10. The predicted molar refractivity (Wildman–Crippen MR) is 256 cm³/mol. The number of nitrogens with zero attached hydrogens (tertiary/aromatic N) is 5. The highest BCUT2D eigenvalue weighted by atomic mass is 15.3. The van der Waals surface area contributed by atoms with E-state index in [2.05, 4.69) is 60.7 Å². The average molecular weight is 808 g/mol. The topological polar surface area (TPSA) is 48.5 Å². The van der Waals surface area contributed by atoms with Gasteiger partial charge in [-0.15, -0.1) is 0 Å². The minimum absolute atomic E-state index is 0.138. The third-order valence-corrected chi connectivity index (χ3v) is 11.0.